The van der Waals surface area contributed by atoms with Crippen LogP contribution in [0.4, 0.5) is 5.69 Å². The Morgan fingerprint density at radius 2 is 1.63 bits per heavy atom. The van der Waals surface area contributed by atoms with Gasteiger partial charge in [0.1, 0.15) is 0 Å². The number of fused-ring (bicyclic) bond motifs is 1. The van der Waals surface area contributed by atoms with Crippen molar-refractivity contribution in [3.63, 3.8) is 0 Å². The number of halogens is 1. The Balaban J connectivity index is 1.58. The standard InChI is InChI=1S/C23H16ClN3O3/c24-18-12-6-4-10-16(18)14-27-19-13-7-5-11-17(19)23(29,22(27)28)21-26-25-20(30-21)15-8-2-1-3-9-15/h1-13,29H,14H2/t23-/m0/s1. The molecule has 3 aromatic carbocycles. The highest BCUT2D eigenvalue weighted by molar-refractivity contribution is 6.31. The number of anilines is 1. The molecule has 4 aromatic rings. The summed E-state index contributed by atoms with van der Waals surface area (Å²) in [5, 5.41) is 20.1. The van der Waals surface area contributed by atoms with E-state index >= 15 is 0 Å². The van der Waals surface area contributed by atoms with E-state index in [1.807, 2.05) is 48.5 Å². The molecule has 1 N–H and O–H groups in total. The van der Waals surface area contributed by atoms with Crippen LogP contribution in [-0.4, -0.2) is 21.2 Å². The van der Waals surface area contributed by atoms with Crippen LogP contribution in [0.15, 0.2) is 83.3 Å². The van der Waals surface area contributed by atoms with Gasteiger partial charge in [0.15, 0.2) is 0 Å². The van der Waals surface area contributed by atoms with Gasteiger partial charge in [-0.15, -0.1) is 10.2 Å². The zero-order valence-corrected chi connectivity index (χ0v) is 16.5. The molecular weight excluding hydrogens is 402 g/mol. The van der Waals surface area contributed by atoms with Crippen LogP contribution in [0.5, 0.6) is 0 Å². The van der Waals surface area contributed by atoms with Crippen molar-refractivity contribution in [2.45, 2.75) is 12.1 Å². The van der Waals surface area contributed by atoms with Gasteiger partial charge in [-0.1, -0.05) is 66.2 Å². The second-order valence-corrected chi connectivity index (χ2v) is 7.40. The van der Waals surface area contributed by atoms with Crippen LogP contribution in [0.3, 0.4) is 0 Å². The fraction of sp³-hybridized carbons (Fsp3) is 0.0870. The van der Waals surface area contributed by atoms with Gasteiger partial charge in [-0.2, -0.15) is 0 Å². The van der Waals surface area contributed by atoms with Gasteiger partial charge in [0, 0.05) is 16.1 Å². The maximum Gasteiger partial charge on any atom is 0.274 e. The predicted octanol–water partition coefficient (Wildman–Crippen LogP) is 4.17. The molecular formula is C23H16ClN3O3. The summed E-state index contributed by atoms with van der Waals surface area (Å²) < 4.78 is 5.76. The quantitative estimate of drug-likeness (QED) is 0.539. The first-order valence-corrected chi connectivity index (χ1v) is 9.73. The third-order valence-corrected chi connectivity index (χ3v) is 5.55. The van der Waals surface area contributed by atoms with E-state index < -0.39 is 11.5 Å². The van der Waals surface area contributed by atoms with Crippen molar-refractivity contribution in [1.82, 2.24) is 10.2 Å². The van der Waals surface area contributed by atoms with Gasteiger partial charge >= 0.3 is 0 Å². The lowest BCUT2D eigenvalue weighted by molar-refractivity contribution is -0.134. The molecule has 1 aliphatic rings. The topological polar surface area (TPSA) is 79.5 Å². The molecule has 1 aliphatic heterocycles. The molecule has 0 spiro atoms. The Labute approximate surface area is 177 Å². The Kier molecular flexibility index (Phi) is 4.38. The van der Waals surface area contributed by atoms with Crippen LogP contribution in [-0.2, 0) is 16.9 Å². The molecule has 148 valence electrons. The van der Waals surface area contributed by atoms with E-state index in [-0.39, 0.29) is 18.3 Å². The molecule has 0 aliphatic carbocycles. The molecule has 30 heavy (non-hydrogen) atoms. The van der Waals surface area contributed by atoms with E-state index in [4.69, 9.17) is 16.0 Å². The number of para-hydroxylation sites is 1. The number of benzene rings is 3. The van der Waals surface area contributed by atoms with Gasteiger partial charge in [0.25, 0.3) is 11.8 Å². The molecule has 5 rings (SSSR count). The van der Waals surface area contributed by atoms with Gasteiger partial charge in [-0.05, 0) is 29.8 Å². The SMILES string of the molecule is O=C1N(Cc2ccccc2Cl)c2ccccc2[C@]1(O)c1nnc(-c2ccccc2)o1. The molecule has 0 bridgehead atoms. The van der Waals surface area contributed by atoms with Gasteiger partial charge in [-0.25, -0.2) is 0 Å². The minimum absolute atomic E-state index is 0.166. The zero-order chi connectivity index (χ0) is 20.7. The first-order chi connectivity index (χ1) is 14.6. The average molecular weight is 418 g/mol. The van der Waals surface area contributed by atoms with Crippen LogP contribution in [0.2, 0.25) is 5.02 Å². The summed E-state index contributed by atoms with van der Waals surface area (Å²) in [6, 6.07) is 23.5. The van der Waals surface area contributed by atoms with Crippen molar-refractivity contribution in [3.8, 4) is 11.5 Å². The minimum Gasteiger partial charge on any atom is -0.417 e. The molecule has 0 fully saturated rings. The number of hydrogen-bond donors (Lipinski definition) is 1. The van der Waals surface area contributed by atoms with Crippen LogP contribution < -0.4 is 4.90 Å². The van der Waals surface area contributed by atoms with Crippen molar-refractivity contribution in [1.29, 1.82) is 0 Å². The number of carbonyl (C=O) groups excluding carboxylic acids is 1. The van der Waals surface area contributed by atoms with E-state index in [9.17, 15) is 9.90 Å². The molecule has 1 aromatic heterocycles. The van der Waals surface area contributed by atoms with Gasteiger partial charge in [0.2, 0.25) is 11.5 Å². The fourth-order valence-corrected chi connectivity index (χ4v) is 3.86. The highest BCUT2D eigenvalue weighted by atomic mass is 35.5. The molecule has 0 unspecified atom stereocenters. The summed E-state index contributed by atoms with van der Waals surface area (Å²) in [7, 11) is 0. The highest BCUT2D eigenvalue weighted by Crippen LogP contribution is 2.45. The average Bonchev–Trinajstić information content (AvgIpc) is 3.36. The Morgan fingerprint density at radius 3 is 2.43 bits per heavy atom. The minimum atomic E-state index is -2.07. The lowest BCUT2D eigenvalue weighted by atomic mass is 9.95. The lowest BCUT2D eigenvalue weighted by Crippen LogP contribution is -2.41. The maximum absolute atomic E-state index is 13.5. The van der Waals surface area contributed by atoms with E-state index in [1.165, 1.54) is 4.90 Å². The summed E-state index contributed by atoms with van der Waals surface area (Å²) >= 11 is 6.30. The second-order valence-electron chi connectivity index (χ2n) is 6.99. The van der Waals surface area contributed by atoms with Crippen molar-refractivity contribution >= 4 is 23.2 Å². The largest absolute Gasteiger partial charge is 0.417 e. The lowest BCUT2D eigenvalue weighted by Gasteiger charge is -2.20. The summed E-state index contributed by atoms with van der Waals surface area (Å²) in [5.41, 5.74) is 0.362. The van der Waals surface area contributed by atoms with Gasteiger partial charge in [-0.3, -0.25) is 4.79 Å². The molecule has 1 atom stereocenters. The number of hydrogen-bond acceptors (Lipinski definition) is 5. The van der Waals surface area contributed by atoms with Crippen LogP contribution >= 0.6 is 11.6 Å². The summed E-state index contributed by atoms with van der Waals surface area (Å²) in [4.78, 5) is 14.9. The Bertz CT molecular complexity index is 1240. The molecule has 0 saturated carbocycles. The molecule has 0 saturated heterocycles. The van der Waals surface area contributed by atoms with E-state index in [1.54, 1.807) is 30.3 Å². The van der Waals surface area contributed by atoms with E-state index in [0.29, 0.717) is 21.8 Å². The number of nitrogens with zero attached hydrogens (tertiary/aromatic N) is 3. The first-order valence-electron chi connectivity index (χ1n) is 9.35. The maximum atomic E-state index is 13.5. The third-order valence-electron chi connectivity index (χ3n) is 5.18. The number of aromatic nitrogens is 2. The molecule has 6 nitrogen and oxygen atoms in total. The van der Waals surface area contributed by atoms with Crippen molar-refractivity contribution in [3.05, 3.63) is 101 Å². The van der Waals surface area contributed by atoms with Crippen LogP contribution in [0.25, 0.3) is 11.5 Å². The van der Waals surface area contributed by atoms with E-state index in [0.717, 1.165) is 5.56 Å². The summed E-state index contributed by atoms with van der Waals surface area (Å²) in [5.74, 6) is -0.499. The molecule has 7 heteroatoms. The van der Waals surface area contributed by atoms with Crippen molar-refractivity contribution in [2.75, 3.05) is 4.90 Å². The first kappa shape index (κ1) is 18.5. The second kappa shape index (κ2) is 7.09. The number of carbonyl (C=O) groups is 1. The Hall–Kier alpha value is -3.48. The fourth-order valence-electron chi connectivity index (χ4n) is 3.66. The highest BCUT2D eigenvalue weighted by Gasteiger charge is 2.55. The van der Waals surface area contributed by atoms with Gasteiger partial charge in [0.05, 0.1) is 12.2 Å². The van der Waals surface area contributed by atoms with Crippen molar-refractivity contribution in [2.24, 2.45) is 0 Å². The molecule has 1 amide bonds. The van der Waals surface area contributed by atoms with Crippen LogP contribution in [0, 0.1) is 0 Å². The van der Waals surface area contributed by atoms with E-state index in [2.05, 4.69) is 10.2 Å². The van der Waals surface area contributed by atoms with Gasteiger partial charge < -0.3 is 14.4 Å². The number of rotatable bonds is 4. The number of amides is 1. The monoisotopic (exact) mass is 417 g/mol. The molecule has 0 radical (unpaired) electrons. The Morgan fingerprint density at radius 1 is 0.933 bits per heavy atom. The normalized spacial score (nSPS) is 17.9. The smallest absolute Gasteiger partial charge is 0.274 e. The van der Waals surface area contributed by atoms with Crippen molar-refractivity contribution < 1.29 is 14.3 Å². The third kappa shape index (κ3) is 2.81. The molecule has 2 heterocycles. The summed E-state index contributed by atoms with van der Waals surface area (Å²) in [6.07, 6.45) is 0. The number of aliphatic hydroxyl groups is 1. The predicted molar refractivity (Wildman–Crippen MR) is 112 cm³/mol. The zero-order valence-electron chi connectivity index (χ0n) is 15.7. The summed E-state index contributed by atoms with van der Waals surface area (Å²) in [6.45, 7) is 0.206. The van der Waals surface area contributed by atoms with Crippen LogP contribution in [0.1, 0.15) is 17.0 Å².